The fourth-order valence-electron chi connectivity index (χ4n) is 9.85. The predicted molar refractivity (Wildman–Crippen MR) is 258 cm³/mol. The highest BCUT2D eigenvalue weighted by Gasteiger charge is 2.40. The van der Waals surface area contributed by atoms with Crippen molar-refractivity contribution >= 4 is 46.1 Å². The van der Waals surface area contributed by atoms with Gasteiger partial charge in [-0.05, 0) is 74.4 Å². The molecule has 3 aromatic heterocycles. The number of rotatable bonds is 9. The van der Waals surface area contributed by atoms with Gasteiger partial charge in [0.15, 0.2) is 0 Å². The predicted octanol–water partition coefficient (Wildman–Crippen LogP) is 7.35. The van der Waals surface area contributed by atoms with Gasteiger partial charge in [0.25, 0.3) is 5.91 Å². The SMILES string of the molecule is CCn1c(-c2cccnc2[C@H](C)OC)c2c3cc(ccc31)-c1csc(n1)C[C@H](NC(=O)C(C(C)C)N(C)C(=O)N1CCOC[C@@H]1c1ccccc1)C(=O)N1CCC[C@H](N1)C(=O)OCC(C)(C)C2. The van der Waals surface area contributed by atoms with Crippen molar-refractivity contribution in [2.24, 2.45) is 11.3 Å². The highest BCUT2D eigenvalue weighted by atomic mass is 32.1. The van der Waals surface area contributed by atoms with Crippen LogP contribution in [0.3, 0.4) is 0 Å². The van der Waals surface area contributed by atoms with E-state index in [-0.39, 0.29) is 37.1 Å². The van der Waals surface area contributed by atoms with E-state index in [9.17, 15) is 19.2 Å². The molecular formula is C51H64N8O7S. The van der Waals surface area contributed by atoms with Gasteiger partial charge in [-0.15, -0.1) is 11.3 Å². The molecule has 3 aliphatic rings. The molecular weight excluding hydrogens is 869 g/mol. The summed E-state index contributed by atoms with van der Waals surface area (Å²) in [5.41, 5.74) is 10.3. The number of thiazole rings is 1. The molecule has 356 valence electrons. The lowest BCUT2D eigenvalue weighted by Gasteiger charge is -2.41. The van der Waals surface area contributed by atoms with Crippen molar-refractivity contribution in [3.63, 3.8) is 0 Å². The average Bonchev–Trinajstić information content (AvgIpc) is 3.93. The zero-order valence-electron chi connectivity index (χ0n) is 39.9. The minimum atomic E-state index is -1.07. The minimum absolute atomic E-state index is 0.0874. The Morgan fingerprint density at radius 3 is 2.61 bits per heavy atom. The van der Waals surface area contributed by atoms with Gasteiger partial charge in [0.2, 0.25) is 5.91 Å². The largest absolute Gasteiger partial charge is 0.464 e. The van der Waals surface area contributed by atoms with Crippen LogP contribution in [0.4, 0.5) is 4.79 Å². The summed E-state index contributed by atoms with van der Waals surface area (Å²) in [6.45, 7) is 14.4. The number of ether oxygens (including phenoxy) is 3. The molecule has 16 heteroatoms. The normalized spacial score (nSPS) is 21.1. The number of likely N-dealkylation sites (N-methyl/N-ethyl adjacent to an activating group) is 1. The standard InChI is InChI=1S/C51H64N8O7S/c1-9-57-41-20-19-34-25-36(41)37(46(57)35-17-13-21-52-44(35)32(4)64-8)27-51(5,6)30-66-49(62)38-18-14-22-59(55-38)48(61)39(26-43-53-40(34)29-67-43)54-47(60)45(31(2)3)56(7)50(63)58-23-24-65-28-42(58)33-15-11-10-12-16-33/h10-13,15-17,19-21,25,29,31-32,38-39,42,45,55H,9,14,18,22-24,26-28,30H2,1-8H3,(H,54,60)/t32-,38-,39-,42+,45?/m0/s1. The molecule has 15 nitrogen and oxygen atoms in total. The van der Waals surface area contributed by atoms with Gasteiger partial charge < -0.3 is 33.9 Å². The molecule has 0 radical (unpaired) electrons. The first-order valence-corrected chi connectivity index (χ1v) is 24.4. The molecule has 3 aliphatic heterocycles. The van der Waals surface area contributed by atoms with E-state index in [1.807, 2.05) is 62.5 Å². The van der Waals surface area contributed by atoms with Crippen LogP contribution in [0.2, 0.25) is 0 Å². The number of aryl methyl sites for hydroxylation is 1. The summed E-state index contributed by atoms with van der Waals surface area (Å²) in [4.78, 5) is 70.8. The molecule has 2 N–H and O–H groups in total. The Labute approximate surface area is 397 Å². The monoisotopic (exact) mass is 932 g/mol. The van der Waals surface area contributed by atoms with Crippen LogP contribution in [0.5, 0.6) is 0 Å². The number of methoxy groups -OCH3 is 1. The summed E-state index contributed by atoms with van der Waals surface area (Å²) in [6.07, 6.45) is 3.23. The number of carbonyl (C=O) groups is 4. The Balaban J connectivity index is 1.16. The first-order valence-electron chi connectivity index (χ1n) is 23.5. The highest BCUT2D eigenvalue weighted by molar-refractivity contribution is 7.10. The third-order valence-electron chi connectivity index (χ3n) is 13.3. The van der Waals surface area contributed by atoms with E-state index in [2.05, 4.69) is 60.3 Å². The quantitative estimate of drug-likeness (QED) is 0.143. The van der Waals surface area contributed by atoms with Crippen LogP contribution in [0.15, 0.2) is 72.2 Å². The Morgan fingerprint density at radius 2 is 1.87 bits per heavy atom. The second-order valence-electron chi connectivity index (χ2n) is 19.0. The number of fused-ring (bicyclic) bond motifs is 6. The van der Waals surface area contributed by atoms with Crippen molar-refractivity contribution in [2.45, 2.75) is 104 Å². The van der Waals surface area contributed by atoms with Gasteiger partial charge in [0.05, 0.1) is 54.1 Å². The molecule has 5 aromatic rings. The van der Waals surface area contributed by atoms with E-state index in [1.165, 1.54) is 21.2 Å². The lowest BCUT2D eigenvalue weighted by Crippen LogP contribution is -2.62. The molecule has 4 amide bonds. The summed E-state index contributed by atoms with van der Waals surface area (Å²) >= 11 is 1.42. The fraction of sp³-hybridized carbons (Fsp3) is 0.490. The number of benzene rings is 2. The van der Waals surface area contributed by atoms with Gasteiger partial charge in [-0.2, -0.15) is 0 Å². The fourth-order valence-corrected chi connectivity index (χ4v) is 10.7. The van der Waals surface area contributed by atoms with Crippen LogP contribution < -0.4 is 10.7 Å². The first kappa shape index (κ1) is 47.8. The van der Waals surface area contributed by atoms with Gasteiger partial charge in [-0.3, -0.25) is 24.4 Å². The van der Waals surface area contributed by atoms with Gasteiger partial charge >= 0.3 is 12.0 Å². The number of hydrazine groups is 1. The van der Waals surface area contributed by atoms with Crippen molar-refractivity contribution < 1.29 is 33.4 Å². The molecule has 1 unspecified atom stereocenters. The molecule has 67 heavy (non-hydrogen) atoms. The van der Waals surface area contributed by atoms with Gasteiger partial charge in [0, 0.05) is 79.2 Å². The van der Waals surface area contributed by atoms with Crippen LogP contribution >= 0.6 is 11.3 Å². The average molecular weight is 933 g/mol. The molecule has 6 heterocycles. The van der Waals surface area contributed by atoms with Gasteiger partial charge in [-0.25, -0.2) is 15.2 Å². The topological polar surface area (TPSA) is 160 Å². The number of amides is 4. The molecule has 2 fully saturated rings. The molecule has 2 aromatic carbocycles. The van der Waals surface area contributed by atoms with Crippen LogP contribution in [-0.4, -0.2) is 118 Å². The van der Waals surface area contributed by atoms with E-state index in [0.717, 1.165) is 50.2 Å². The molecule has 2 saturated heterocycles. The van der Waals surface area contributed by atoms with Crippen LogP contribution in [-0.2, 0) is 48.0 Å². The second kappa shape index (κ2) is 20.3. The van der Waals surface area contributed by atoms with Crippen LogP contribution in [0, 0.1) is 11.3 Å². The van der Waals surface area contributed by atoms with E-state index < -0.39 is 41.3 Å². The number of nitrogens with zero attached hydrogens (tertiary/aromatic N) is 6. The number of hydrogen-bond donors (Lipinski definition) is 2. The number of pyridine rings is 1. The summed E-state index contributed by atoms with van der Waals surface area (Å²) in [5, 5.41) is 8.20. The number of cyclic esters (lactones) is 1. The zero-order chi connectivity index (χ0) is 47.6. The molecule has 5 atom stereocenters. The number of carbonyl (C=O) groups excluding carboxylic acids is 4. The van der Waals surface area contributed by atoms with Crippen molar-refractivity contribution in [3.8, 4) is 22.5 Å². The van der Waals surface area contributed by atoms with Crippen LogP contribution in [0.25, 0.3) is 33.4 Å². The maximum Gasteiger partial charge on any atom is 0.324 e. The molecule has 0 saturated carbocycles. The van der Waals surface area contributed by atoms with Crippen molar-refractivity contribution in [2.75, 3.05) is 47.1 Å². The maximum atomic E-state index is 14.7. The number of hydrogen-bond acceptors (Lipinski definition) is 11. The summed E-state index contributed by atoms with van der Waals surface area (Å²) in [5.74, 6) is -1.63. The van der Waals surface area contributed by atoms with Gasteiger partial charge in [0.1, 0.15) is 18.1 Å². The van der Waals surface area contributed by atoms with E-state index in [4.69, 9.17) is 24.2 Å². The van der Waals surface area contributed by atoms with E-state index in [0.29, 0.717) is 57.1 Å². The molecule has 6 bridgehead atoms. The summed E-state index contributed by atoms with van der Waals surface area (Å²) < 4.78 is 20.1. The molecule has 0 spiro atoms. The Kier molecular flexibility index (Phi) is 14.5. The number of nitrogens with one attached hydrogen (secondary N) is 2. The highest BCUT2D eigenvalue weighted by Crippen LogP contribution is 2.42. The number of esters is 1. The molecule has 8 rings (SSSR count). The lowest BCUT2D eigenvalue weighted by molar-refractivity contribution is -0.155. The summed E-state index contributed by atoms with van der Waals surface area (Å²) in [6, 6.07) is 16.8. The number of morpholine rings is 1. The maximum absolute atomic E-state index is 14.7. The number of aromatic nitrogens is 3. The Morgan fingerprint density at radius 1 is 1.07 bits per heavy atom. The zero-order valence-corrected chi connectivity index (χ0v) is 40.7. The second-order valence-corrected chi connectivity index (χ2v) is 20.0. The Bertz CT molecular complexity index is 2590. The van der Waals surface area contributed by atoms with Crippen LogP contribution in [0.1, 0.15) is 88.4 Å². The third-order valence-corrected chi connectivity index (χ3v) is 14.2. The first-order chi connectivity index (χ1) is 32.2. The van der Waals surface area contributed by atoms with Crippen molar-refractivity contribution in [1.29, 1.82) is 0 Å². The van der Waals surface area contributed by atoms with Gasteiger partial charge in [-0.1, -0.05) is 64.1 Å². The van der Waals surface area contributed by atoms with E-state index >= 15 is 0 Å². The summed E-state index contributed by atoms with van der Waals surface area (Å²) in [7, 11) is 3.33. The Hall–Kier alpha value is -5.68. The lowest BCUT2D eigenvalue weighted by atomic mass is 9.84. The minimum Gasteiger partial charge on any atom is -0.464 e. The van der Waals surface area contributed by atoms with Crippen molar-refractivity contribution in [3.05, 3.63) is 94.1 Å². The van der Waals surface area contributed by atoms with Crippen molar-refractivity contribution in [1.82, 2.24) is 40.1 Å². The van der Waals surface area contributed by atoms with E-state index in [1.54, 1.807) is 25.3 Å². The smallest absolute Gasteiger partial charge is 0.324 e. The number of urea groups is 1. The molecule has 0 aliphatic carbocycles. The third kappa shape index (κ3) is 9.99.